The standard InChI is InChI=1S/C21H18F6N2O3/c1-4-31-21(30)18(9(2)3)29-19(10-5-7-11(22)8-6-10)28-32-20(29)12-13(23)15(25)17(27)16(26)14(12)24/h5-9,18,20H,4H2,1-3H3/t18-,20+/m0/s1. The van der Waals surface area contributed by atoms with Gasteiger partial charge in [-0.1, -0.05) is 19.0 Å². The van der Waals surface area contributed by atoms with E-state index in [2.05, 4.69) is 5.16 Å². The Morgan fingerprint density at radius 3 is 2.03 bits per heavy atom. The first kappa shape index (κ1) is 23.4. The van der Waals surface area contributed by atoms with Gasteiger partial charge in [0.1, 0.15) is 11.9 Å². The Balaban J connectivity index is 2.21. The minimum Gasteiger partial charge on any atom is -0.464 e. The molecule has 0 aromatic heterocycles. The number of nitrogens with zero attached hydrogens (tertiary/aromatic N) is 2. The second-order valence-corrected chi connectivity index (χ2v) is 7.21. The summed E-state index contributed by atoms with van der Waals surface area (Å²) in [6.07, 6.45) is -1.99. The first-order valence-corrected chi connectivity index (χ1v) is 9.56. The number of rotatable bonds is 6. The zero-order valence-electron chi connectivity index (χ0n) is 17.1. The van der Waals surface area contributed by atoms with Gasteiger partial charge in [0, 0.05) is 5.56 Å². The Kier molecular flexibility index (Phi) is 6.65. The monoisotopic (exact) mass is 460 g/mol. The molecule has 5 nitrogen and oxygen atoms in total. The third-order valence-electron chi connectivity index (χ3n) is 4.79. The van der Waals surface area contributed by atoms with Crippen LogP contribution in [0.4, 0.5) is 26.3 Å². The molecule has 0 spiro atoms. The topological polar surface area (TPSA) is 51.1 Å². The van der Waals surface area contributed by atoms with Crippen LogP contribution in [-0.2, 0) is 14.4 Å². The molecule has 0 unspecified atom stereocenters. The van der Waals surface area contributed by atoms with Gasteiger partial charge in [-0.05, 0) is 37.1 Å². The van der Waals surface area contributed by atoms with E-state index < -0.39 is 64.6 Å². The van der Waals surface area contributed by atoms with Gasteiger partial charge < -0.3 is 9.57 Å². The fourth-order valence-corrected chi connectivity index (χ4v) is 3.35. The largest absolute Gasteiger partial charge is 0.464 e. The molecule has 0 fully saturated rings. The van der Waals surface area contributed by atoms with Crippen LogP contribution >= 0.6 is 0 Å². The first-order chi connectivity index (χ1) is 15.1. The van der Waals surface area contributed by atoms with E-state index in [1.165, 1.54) is 19.1 Å². The van der Waals surface area contributed by atoms with E-state index in [0.717, 1.165) is 17.0 Å². The van der Waals surface area contributed by atoms with Crippen molar-refractivity contribution in [3.05, 3.63) is 70.3 Å². The summed E-state index contributed by atoms with van der Waals surface area (Å²) in [6, 6.07) is 3.36. The van der Waals surface area contributed by atoms with Gasteiger partial charge >= 0.3 is 5.97 Å². The van der Waals surface area contributed by atoms with Gasteiger partial charge in [-0.3, -0.25) is 4.90 Å². The van der Waals surface area contributed by atoms with Crippen molar-refractivity contribution in [3.8, 4) is 0 Å². The molecule has 172 valence electrons. The summed E-state index contributed by atoms with van der Waals surface area (Å²) < 4.78 is 88.9. The lowest BCUT2D eigenvalue weighted by atomic mass is 9.99. The molecule has 1 heterocycles. The van der Waals surface area contributed by atoms with Crippen LogP contribution in [0.3, 0.4) is 0 Å². The van der Waals surface area contributed by atoms with Crippen molar-refractivity contribution in [3.63, 3.8) is 0 Å². The molecule has 3 rings (SSSR count). The van der Waals surface area contributed by atoms with Crippen LogP contribution in [-0.4, -0.2) is 29.4 Å². The van der Waals surface area contributed by atoms with Crippen molar-refractivity contribution in [2.45, 2.75) is 33.0 Å². The number of hydrogen-bond acceptors (Lipinski definition) is 5. The lowest BCUT2D eigenvalue weighted by molar-refractivity contribution is -0.153. The van der Waals surface area contributed by atoms with E-state index in [0.29, 0.717) is 0 Å². The van der Waals surface area contributed by atoms with Crippen LogP contribution < -0.4 is 0 Å². The number of benzene rings is 2. The van der Waals surface area contributed by atoms with Crippen molar-refractivity contribution in [1.82, 2.24) is 4.90 Å². The third kappa shape index (κ3) is 3.98. The number of esters is 1. The summed E-state index contributed by atoms with van der Waals surface area (Å²) in [6.45, 7) is 4.66. The molecule has 1 aliphatic rings. The van der Waals surface area contributed by atoms with Crippen LogP contribution in [0.1, 0.15) is 38.1 Å². The highest BCUT2D eigenvalue weighted by Crippen LogP contribution is 2.39. The van der Waals surface area contributed by atoms with E-state index in [9.17, 15) is 31.1 Å². The molecule has 0 aliphatic carbocycles. The molecule has 0 N–H and O–H groups in total. The summed E-state index contributed by atoms with van der Waals surface area (Å²) in [5.41, 5.74) is -1.15. The van der Waals surface area contributed by atoms with E-state index in [-0.39, 0.29) is 18.0 Å². The van der Waals surface area contributed by atoms with Crippen LogP contribution in [0.2, 0.25) is 0 Å². The van der Waals surface area contributed by atoms with Crippen LogP contribution in [0.5, 0.6) is 0 Å². The molecular weight excluding hydrogens is 442 g/mol. The van der Waals surface area contributed by atoms with E-state index in [1.54, 1.807) is 13.8 Å². The average molecular weight is 460 g/mol. The number of oxime groups is 1. The second-order valence-electron chi connectivity index (χ2n) is 7.21. The smallest absolute Gasteiger partial charge is 0.329 e. The van der Waals surface area contributed by atoms with Crippen molar-refractivity contribution in [2.24, 2.45) is 11.1 Å². The summed E-state index contributed by atoms with van der Waals surface area (Å²) in [5, 5.41) is 3.73. The second kappa shape index (κ2) is 9.09. The molecule has 32 heavy (non-hydrogen) atoms. The highest BCUT2D eigenvalue weighted by atomic mass is 19.2. The van der Waals surface area contributed by atoms with Gasteiger partial charge in [0.2, 0.25) is 12.0 Å². The number of carbonyl (C=O) groups is 1. The molecule has 2 atom stereocenters. The molecule has 0 saturated carbocycles. The van der Waals surface area contributed by atoms with Gasteiger partial charge in [0.25, 0.3) is 0 Å². The zero-order chi connectivity index (χ0) is 23.7. The predicted molar refractivity (Wildman–Crippen MR) is 100 cm³/mol. The van der Waals surface area contributed by atoms with Gasteiger partial charge in [0.05, 0.1) is 12.2 Å². The normalized spacial score (nSPS) is 16.8. The zero-order valence-corrected chi connectivity index (χ0v) is 17.1. The molecule has 2 aromatic carbocycles. The maximum Gasteiger partial charge on any atom is 0.329 e. The molecule has 0 radical (unpaired) electrons. The van der Waals surface area contributed by atoms with E-state index >= 15 is 0 Å². The molecule has 2 aromatic rings. The molecule has 11 heteroatoms. The summed E-state index contributed by atoms with van der Waals surface area (Å²) in [4.78, 5) is 18.8. The van der Waals surface area contributed by atoms with Crippen LogP contribution in [0.15, 0.2) is 29.4 Å². The minimum atomic E-state index is -2.33. The van der Waals surface area contributed by atoms with Crippen LogP contribution in [0.25, 0.3) is 0 Å². The Morgan fingerprint density at radius 1 is 1.00 bits per heavy atom. The Bertz CT molecular complexity index is 1030. The van der Waals surface area contributed by atoms with Crippen molar-refractivity contribution in [1.29, 1.82) is 0 Å². The van der Waals surface area contributed by atoms with Gasteiger partial charge in [-0.15, -0.1) is 0 Å². The third-order valence-corrected chi connectivity index (χ3v) is 4.79. The maximum atomic E-state index is 14.6. The average Bonchev–Trinajstić information content (AvgIpc) is 3.15. The maximum absolute atomic E-state index is 14.6. The SMILES string of the molecule is CCOC(=O)[C@H](C(C)C)N1C(c2ccc(F)cc2)=NO[C@@H]1c1c(F)c(F)c(F)c(F)c1F. The quantitative estimate of drug-likeness (QED) is 0.269. The molecular formula is C21H18F6N2O3. The molecule has 0 saturated heterocycles. The van der Waals surface area contributed by atoms with E-state index in [1.807, 2.05) is 0 Å². The minimum absolute atomic E-state index is 0.0348. The Labute approximate surface area is 179 Å². The first-order valence-electron chi connectivity index (χ1n) is 9.56. The van der Waals surface area contributed by atoms with Gasteiger partial charge in [-0.25, -0.2) is 31.1 Å². The number of carbonyl (C=O) groups excluding carboxylic acids is 1. The summed E-state index contributed by atoms with van der Waals surface area (Å²) >= 11 is 0. The fourth-order valence-electron chi connectivity index (χ4n) is 3.35. The number of ether oxygens (including phenoxy) is 1. The lowest BCUT2D eigenvalue weighted by Gasteiger charge is -2.34. The Hall–Kier alpha value is -3.24. The number of amidine groups is 1. The molecule has 0 amide bonds. The fraction of sp³-hybridized carbons (Fsp3) is 0.333. The van der Waals surface area contributed by atoms with Crippen LogP contribution in [0, 0.1) is 40.8 Å². The molecule has 1 aliphatic heterocycles. The highest BCUT2D eigenvalue weighted by Gasteiger charge is 2.46. The summed E-state index contributed by atoms with van der Waals surface area (Å²) in [7, 11) is 0. The lowest BCUT2D eigenvalue weighted by Crippen LogP contribution is -2.49. The van der Waals surface area contributed by atoms with Crippen molar-refractivity contribution in [2.75, 3.05) is 6.61 Å². The summed E-state index contributed by atoms with van der Waals surface area (Å²) in [5.74, 6) is -13.1. The number of halogens is 6. The highest BCUT2D eigenvalue weighted by molar-refractivity contribution is 6.01. The molecule has 0 bridgehead atoms. The predicted octanol–water partition coefficient (Wildman–Crippen LogP) is 4.80. The van der Waals surface area contributed by atoms with Crippen molar-refractivity contribution >= 4 is 11.8 Å². The van der Waals surface area contributed by atoms with Gasteiger partial charge in [0.15, 0.2) is 29.1 Å². The number of hydrogen-bond donors (Lipinski definition) is 0. The van der Waals surface area contributed by atoms with E-state index in [4.69, 9.17) is 9.57 Å². The Morgan fingerprint density at radius 2 is 1.53 bits per heavy atom. The van der Waals surface area contributed by atoms with Crippen molar-refractivity contribution < 1.29 is 40.7 Å². The van der Waals surface area contributed by atoms with Gasteiger partial charge in [-0.2, -0.15) is 0 Å².